The third-order valence-corrected chi connectivity index (χ3v) is 4.10. The molecule has 0 aliphatic heterocycles. The zero-order chi connectivity index (χ0) is 20.7. The van der Waals surface area contributed by atoms with Crippen molar-refractivity contribution in [3.63, 3.8) is 0 Å². The molecule has 8 heteroatoms. The highest BCUT2D eigenvalue weighted by Gasteiger charge is 2.10. The lowest BCUT2D eigenvalue weighted by Gasteiger charge is -2.14. The minimum Gasteiger partial charge on any atom is -0.306 e. The summed E-state index contributed by atoms with van der Waals surface area (Å²) in [6.45, 7) is 8.18. The van der Waals surface area contributed by atoms with E-state index in [4.69, 9.17) is 23.2 Å². The summed E-state index contributed by atoms with van der Waals surface area (Å²) in [6.07, 6.45) is 1.69. The molecule has 3 aromatic rings. The molecular weight excluding hydrogens is 397 g/mol. The van der Waals surface area contributed by atoms with Gasteiger partial charge in [-0.2, -0.15) is 0 Å². The Morgan fingerprint density at radius 3 is 2.39 bits per heavy atom. The molecule has 2 heterocycles. The summed E-state index contributed by atoms with van der Waals surface area (Å²) in [6, 6.07) is 10.1. The second-order valence-corrected chi connectivity index (χ2v) is 6.86. The minimum absolute atomic E-state index is 0.285. The summed E-state index contributed by atoms with van der Waals surface area (Å²) in [7, 11) is 0. The molecule has 0 spiro atoms. The summed E-state index contributed by atoms with van der Waals surface area (Å²) in [5.74, 6) is 0.784. The van der Waals surface area contributed by atoms with Crippen molar-refractivity contribution in [1.29, 1.82) is 0 Å². The number of amides is 2. The van der Waals surface area contributed by atoms with Gasteiger partial charge in [-0.25, -0.2) is 14.8 Å². The van der Waals surface area contributed by atoms with E-state index in [2.05, 4.69) is 40.0 Å². The van der Waals surface area contributed by atoms with Crippen molar-refractivity contribution in [1.82, 2.24) is 15.4 Å². The van der Waals surface area contributed by atoms with Crippen molar-refractivity contribution < 1.29 is 4.79 Å². The maximum atomic E-state index is 12.1. The van der Waals surface area contributed by atoms with Gasteiger partial charge in [-0.15, -0.1) is 0 Å². The monoisotopic (exact) mass is 419 g/mol. The molecule has 0 atom stereocenters. The molecule has 0 bridgehead atoms. The molecule has 0 radical (unpaired) electrons. The average molecular weight is 420 g/mol. The number of carbonyl (C=O) groups excluding carboxylic acids is 1. The predicted octanol–water partition coefficient (Wildman–Crippen LogP) is 6.23. The van der Waals surface area contributed by atoms with E-state index in [1.807, 2.05) is 32.0 Å². The minimum atomic E-state index is -0.475. The van der Waals surface area contributed by atoms with Gasteiger partial charge in [0, 0.05) is 27.3 Å². The van der Waals surface area contributed by atoms with Crippen molar-refractivity contribution in [2.45, 2.75) is 33.6 Å². The van der Waals surface area contributed by atoms with Gasteiger partial charge in [-0.05, 0) is 47.9 Å². The molecule has 1 aromatic carbocycles. The van der Waals surface area contributed by atoms with E-state index in [0.717, 1.165) is 10.9 Å². The fraction of sp³-hybridized carbons (Fsp3) is 0.250. The van der Waals surface area contributed by atoms with Gasteiger partial charge >= 0.3 is 6.03 Å². The smallest absolute Gasteiger partial charge is 0.306 e. The van der Waals surface area contributed by atoms with Gasteiger partial charge in [0.25, 0.3) is 0 Å². The number of aromatic nitrogens is 2. The van der Waals surface area contributed by atoms with Crippen LogP contribution in [-0.2, 0) is 0 Å². The Balaban J connectivity index is 0.00000136. The SMILES string of the molecule is CC.CC(C)c1cc(NNC(=O)Nc2cc(Cl)cc(Cl)c2)nc2ncccc12. The molecule has 3 rings (SSSR count). The number of rotatable bonds is 4. The molecule has 6 nitrogen and oxygen atoms in total. The Kier molecular flexibility index (Phi) is 7.84. The quantitative estimate of drug-likeness (QED) is 0.437. The summed E-state index contributed by atoms with van der Waals surface area (Å²) in [4.78, 5) is 20.8. The van der Waals surface area contributed by atoms with Crippen LogP contribution in [0.4, 0.5) is 16.3 Å². The number of nitrogens with one attached hydrogen (secondary N) is 3. The van der Waals surface area contributed by atoms with Gasteiger partial charge in [0.1, 0.15) is 5.82 Å². The van der Waals surface area contributed by atoms with Crippen LogP contribution in [0.3, 0.4) is 0 Å². The molecule has 0 aliphatic rings. The van der Waals surface area contributed by atoms with Gasteiger partial charge in [0.05, 0.1) is 0 Å². The van der Waals surface area contributed by atoms with Crippen LogP contribution in [-0.4, -0.2) is 16.0 Å². The van der Waals surface area contributed by atoms with E-state index in [9.17, 15) is 4.79 Å². The summed E-state index contributed by atoms with van der Waals surface area (Å²) in [5, 5.41) is 4.50. The highest BCUT2D eigenvalue weighted by atomic mass is 35.5. The Morgan fingerprint density at radius 1 is 1.07 bits per heavy atom. The molecule has 0 unspecified atom stereocenters. The van der Waals surface area contributed by atoms with E-state index in [-0.39, 0.29) is 5.92 Å². The molecule has 2 aromatic heterocycles. The van der Waals surface area contributed by atoms with Crippen molar-refractivity contribution in [2.24, 2.45) is 0 Å². The fourth-order valence-corrected chi connectivity index (χ4v) is 3.06. The number of nitrogens with zero attached hydrogens (tertiary/aromatic N) is 2. The molecular formula is C20H23Cl2N5O. The summed E-state index contributed by atoms with van der Waals surface area (Å²) < 4.78 is 0. The largest absolute Gasteiger partial charge is 0.337 e. The van der Waals surface area contributed by atoms with Crippen LogP contribution >= 0.6 is 23.2 Å². The van der Waals surface area contributed by atoms with Crippen molar-refractivity contribution in [2.75, 3.05) is 10.7 Å². The maximum Gasteiger partial charge on any atom is 0.337 e. The lowest BCUT2D eigenvalue weighted by Crippen LogP contribution is -2.34. The summed E-state index contributed by atoms with van der Waals surface area (Å²) in [5.41, 5.74) is 7.53. The number of fused-ring (bicyclic) bond motifs is 1. The van der Waals surface area contributed by atoms with Crippen LogP contribution in [0.1, 0.15) is 39.2 Å². The van der Waals surface area contributed by atoms with Gasteiger partial charge < -0.3 is 5.32 Å². The Hall–Kier alpha value is -2.57. The number of hydrogen-bond donors (Lipinski definition) is 3. The van der Waals surface area contributed by atoms with E-state index < -0.39 is 6.03 Å². The van der Waals surface area contributed by atoms with E-state index >= 15 is 0 Å². The van der Waals surface area contributed by atoms with Crippen LogP contribution in [0.25, 0.3) is 11.0 Å². The van der Waals surface area contributed by atoms with E-state index in [0.29, 0.717) is 27.2 Å². The Labute approximate surface area is 174 Å². The first kappa shape index (κ1) is 21.7. The maximum absolute atomic E-state index is 12.1. The number of pyridine rings is 2. The van der Waals surface area contributed by atoms with Gasteiger partial charge in [-0.1, -0.05) is 50.9 Å². The zero-order valence-corrected chi connectivity index (χ0v) is 17.7. The van der Waals surface area contributed by atoms with Crippen LogP contribution < -0.4 is 16.2 Å². The fourth-order valence-electron chi connectivity index (χ4n) is 2.53. The highest BCUT2D eigenvalue weighted by Crippen LogP contribution is 2.26. The number of hydrazine groups is 1. The van der Waals surface area contributed by atoms with Crippen molar-refractivity contribution in [3.05, 3.63) is 58.2 Å². The molecule has 0 fully saturated rings. The topological polar surface area (TPSA) is 78.9 Å². The van der Waals surface area contributed by atoms with Crippen LogP contribution in [0.15, 0.2) is 42.6 Å². The number of carbonyl (C=O) groups is 1. The third-order valence-electron chi connectivity index (χ3n) is 3.66. The first-order valence-electron chi connectivity index (χ1n) is 8.97. The number of benzene rings is 1. The van der Waals surface area contributed by atoms with Crippen molar-refractivity contribution >= 4 is 51.8 Å². The third kappa shape index (κ3) is 5.71. The van der Waals surface area contributed by atoms with Crippen molar-refractivity contribution in [3.8, 4) is 0 Å². The van der Waals surface area contributed by atoms with Crippen LogP contribution in [0.2, 0.25) is 10.0 Å². The first-order chi connectivity index (χ1) is 13.4. The molecule has 148 valence electrons. The molecule has 2 amide bonds. The molecule has 3 N–H and O–H groups in total. The first-order valence-corrected chi connectivity index (χ1v) is 9.73. The Morgan fingerprint density at radius 2 is 1.75 bits per heavy atom. The van der Waals surface area contributed by atoms with Gasteiger partial charge in [0.2, 0.25) is 0 Å². The average Bonchev–Trinajstić information content (AvgIpc) is 2.66. The van der Waals surface area contributed by atoms with Crippen LogP contribution in [0.5, 0.6) is 0 Å². The molecule has 0 saturated heterocycles. The lowest BCUT2D eigenvalue weighted by atomic mass is 10.0. The second-order valence-electron chi connectivity index (χ2n) is 5.99. The molecule has 0 aliphatic carbocycles. The zero-order valence-electron chi connectivity index (χ0n) is 16.2. The number of hydrogen-bond acceptors (Lipinski definition) is 4. The van der Waals surface area contributed by atoms with Crippen LogP contribution in [0, 0.1) is 0 Å². The second kappa shape index (κ2) is 10.1. The number of anilines is 2. The number of halogens is 2. The van der Waals surface area contributed by atoms with Gasteiger partial charge in [-0.3, -0.25) is 10.9 Å². The molecule has 0 saturated carbocycles. The predicted molar refractivity (Wildman–Crippen MR) is 117 cm³/mol. The summed E-state index contributed by atoms with van der Waals surface area (Å²) >= 11 is 11.8. The van der Waals surface area contributed by atoms with E-state index in [1.165, 1.54) is 0 Å². The van der Waals surface area contributed by atoms with E-state index in [1.54, 1.807) is 24.4 Å². The highest BCUT2D eigenvalue weighted by molar-refractivity contribution is 6.35. The number of urea groups is 1. The van der Waals surface area contributed by atoms with Gasteiger partial charge in [0.15, 0.2) is 5.65 Å². The lowest BCUT2D eigenvalue weighted by molar-refractivity contribution is 0.254. The Bertz CT molecular complexity index is 942. The standard InChI is InChI=1S/C18H17Cl2N5O.C2H6/c1-10(2)15-9-16(23-17-14(15)4-3-5-21-17)24-25-18(26)22-13-7-11(19)6-12(20)8-13;1-2/h3-10H,1-2H3,(H,21,23,24)(H2,22,25,26);1-2H3. The normalized spacial score (nSPS) is 10.2. The molecule has 28 heavy (non-hydrogen) atoms.